The molecule has 0 spiro atoms. The van der Waals surface area contributed by atoms with Gasteiger partial charge in [0.2, 0.25) is 0 Å². The number of benzene rings is 3. The number of rotatable bonds is 2. The van der Waals surface area contributed by atoms with Gasteiger partial charge in [-0.15, -0.1) is 0 Å². The van der Waals surface area contributed by atoms with Crippen molar-refractivity contribution in [3.05, 3.63) is 101 Å². The molecular weight excluding hydrogens is 335 g/mol. The summed E-state index contributed by atoms with van der Waals surface area (Å²) in [5.41, 5.74) is 6.63. The lowest BCUT2D eigenvalue weighted by Crippen LogP contribution is -2.16. The molecule has 0 amide bonds. The third-order valence-corrected chi connectivity index (χ3v) is 4.74. The molecule has 1 unspecified atom stereocenters. The fourth-order valence-corrected chi connectivity index (χ4v) is 3.38. The number of halogens is 1. The molecule has 1 heterocycles. The molecule has 27 heavy (non-hydrogen) atoms. The Morgan fingerprint density at radius 3 is 2.07 bits per heavy atom. The van der Waals surface area contributed by atoms with Crippen LogP contribution in [0.3, 0.4) is 0 Å². The smallest absolute Gasteiger partial charge is 0.150 e. The van der Waals surface area contributed by atoms with Gasteiger partial charge in [-0.25, -0.2) is 4.39 Å². The minimum atomic E-state index is -0.231. The highest BCUT2D eigenvalue weighted by Crippen LogP contribution is 2.46. The van der Waals surface area contributed by atoms with E-state index in [4.69, 9.17) is 4.74 Å². The first-order chi connectivity index (χ1) is 13.1. The van der Waals surface area contributed by atoms with Crippen LogP contribution < -0.4 is 4.74 Å². The minimum Gasteiger partial charge on any atom is -0.480 e. The van der Waals surface area contributed by atoms with Gasteiger partial charge in [-0.1, -0.05) is 74.0 Å². The van der Waals surface area contributed by atoms with E-state index in [0.29, 0.717) is 0 Å². The molecule has 0 fully saturated rings. The molecule has 3 aromatic carbocycles. The van der Waals surface area contributed by atoms with Gasteiger partial charge < -0.3 is 4.74 Å². The van der Waals surface area contributed by atoms with Crippen molar-refractivity contribution in [2.24, 2.45) is 0 Å². The molecule has 1 aliphatic heterocycles. The Balaban J connectivity index is 0.00000102. The molecule has 0 N–H and O–H groups in total. The van der Waals surface area contributed by atoms with E-state index in [1.54, 1.807) is 0 Å². The van der Waals surface area contributed by atoms with Gasteiger partial charge in [0.1, 0.15) is 17.7 Å². The normalized spacial score (nSPS) is 15.4. The summed E-state index contributed by atoms with van der Waals surface area (Å²) in [6, 6.07) is 23.1. The summed E-state index contributed by atoms with van der Waals surface area (Å²) in [5, 5.41) is 0. The number of ether oxygens (including phenoxy) is 1. The second-order valence-electron chi connectivity index (χ2n) is 6.45. The van der Waals surface area contributed by atoms with Crippen molar-refractivity contribution in [1.82, 2.24) is 0 Å². The Labute approximate surface area is 161 Å². The van der Waals surface area contributed by atoms with Gasteiger partial charge in [-0.2, -0.15) is 0 Å². The van der Waals surface area contributed by atoms with Crippen LogP contribution in [0.2, 0.25) is 0 Å². The predicted molar refractivity (Wildman–Crippen MR) is 111 cm³/mol. The second kappa shape index (κ2) is 8.22. The van der Waals surface area contributed by atoms with Gasteiger partial charge in [0, 0.05) is 11.1 Å². The van der Waals surface area contributed by atoms with E-state index in [9.17, 15) is 4.39 Å². The Morgan fingerprint density at radius 1 is 0.778 bits per heavy atom. The minimum absolute atomic E-state index is 0.207. The molecular formula is C25H25FO. The third-order valence-electron chi connectivity index (χ3n) is 4.74. The van der Waals surface area contributed by atoms with Gasteiger partial charge in [0.15, 0.2) is 0 Å². The van der Waals surface area contributed by atoms with E-state index < -0.39 is 0 Å². The average molecular weight is 360 g/mol. The van der Waals surface area contributed by atoms with E-state index in [0.717, 1.165) is 28.0 Å². The molecule has 4 rings (SSSR count). The van der Waals surface area contributed by atoms with Crippen molar-refractivity contribution in [1.29, 1.82) is 0 Å². The topological polar surface area (TPSA) is 9.23 Å². The summed E-state index contributed by atoms with van der Waals surface area (Å²) < 4.78 is 19.8. The summed E-state index contributed by atoms with van der Waals surface area (Å²) in [6.45, 7) is 8.18. The number of hydrogen-bond acceptors (Lipinski definition) is 1. The molecule has 1 nitrogen and oxygen atoms in total. The standard InChI is InChI=1S/C23H19FO.C2H6/c1-15-7-9-18(10-8-15)23-22(17-11-13-19(24)14-12-17)16(2)20-5-3-4-6-21(20)25-23;1-2/h3-14,23H,1-2H3;1-2H3. The Bertz CT molecular complexity index is 937. The fourth-order valence-electron chi connectivity index (χ4n) is 3.38. The maximum atomic E-state index is 13.4. The van der Waals surface area contributed by atoms with Crippen LogP contribution in [0.4, 0.5) is 4.39 Å². The van der Waals surface area contributed by atoms with Crippen LogP contribution in [0.1, 0.15) is 49.1 Å². The van der Waals surface area contributed by atoms with Crippen molar-refractivity contribution in [2.45, 2.75) is 33.8 Å². The Kier molecular flexibility index (Phi) is 5.75. The maximum absolute atomic E-state index is 13.4. The molecule has 0 aliphatic carbocycles. The maximum Gasteiger partial charge on any atom is 0.150 e. The Hall–Kier alpha value is -2.87. The Morgan fingerprint density at radius 2 is 1.41 bits per heavy atom. The van der Waals surface area contributed by atoms with Crippen molar-refractivity contribution < 1.29 is 9.13 Å². The molecule has 138 valence electrons. The lowest BCUT2D eigenvalue weighted by Gasteiger charge is -2.31. The largest absolute Gasteiger partial charge is 0.480 e. The molecule has 3 aromatic rings. The molecule has 0 bridgehead atoms. The van der Waals surface area contributed by atoms with Crippen LogP contribution in [0.25, 0.3) is 11.1 Å². The zero-order valence-electron chi connectivity index (χ0n) is 16.3. The first kappa shape index (κ1) is 18.9. The van der Waals surface area contributed by atoms with Crippen molar-refractivity contribution in [2.75, 3.05) is 0 Å². The lowest BCUT2D eigenvalue weighted by molar-refractivity contribution is 0.260. The van der Waals surface area contributed by atoms with Gasteiger partial charge >= 0.3 is 0 Å². The van der Waals surface area contributed by atoms with Gasteiger partial charge in [-0.3, -0.25) is 0 Å². The summed E-state index contributed by atoms with van der Waals surface area (Å²) in [5.74, 6) is 0.655. The number of para-hydroxylation sites is 1. The molecule has 1 aliphatic rings. The SMILES string of the molecule is CC.CC1=C(c2ccc(F)cc2)C(c2ccc(C)cc2)Oc2ccccc21. The average Bonchev–Trinajstić information content (AvgIpc) is 2.71. The summed E-state index contributed by atoms with van der Waals surface area (Å²) in [6.07, 6.45) is -0.207. The predicted octanol–water partition coefficient (Wildman–Crippen LogP) is 7.22. The summed E-state index contributed by atoms with van der Waals surface area (Å²) in [4.78, 5) is 0. The van der Waals surface area contributed by atoms with Crippen LogP contribution in [0, 0.1) is 12.7 Å². The highest BCUT2D eigenvalue weighted by Gasteiger charge is 2.28. The summed E-state index contributed by atoms with van der Waals surface area (Å²) in [7, 11) is 0. The zero-order chi connectivity index (χ0) is 19.4. The molecule has 2 heteroatoms. The van der Waals surface area contributed by atoms with Gasteiger partial charge in [0.05, 0.1) is 0 Å². The lowest BCUT2D eigenvalue weighted by atomic mass is 9.86. The number of allylic oxidation sites excluding steroid dienone is 1. The third kappa shape index (κ3) is 3.80. The fraction of sp³-hybridized carbons (Fsp3) is 0.200. The number of hydrogen-bond donors (Lipinski definition) is 0. The molecule has 0 radical (unpaired) electrons. The van der Waals surface area contributed by atoms with Gasteiger partial charge in [-0.05, 0) is 48.7 Å². The second-order valence-corrected chi connectivity index (χ2v) is 6.45. The number of fused-ring (bicyclic) bond motifs is 1. The van der Waals surface area contributed by atoms with Crippen molar-refractivity contribution in [3.63, 3.8) is 0 Å². The van der Waals surface area contributed by atoms with Gasteiger partial charge in [0.25, 0.3) is 0 Å². The van der Waals surface area contributed by atoms with E-state index in [-0.39, 0.29) is 11.9 Å². The van der Waals surface area contributed by atoms with Crippen LogP contribution >= 0.6 is 0 Å². The molecule has 0 aromatic heterocycles. The van der Waals surface area contributed by atoms with Crippen LogP contribution in [0.5, 0.6) is 5.75 Å². The number of aryl methyl sites for hydroxylation is 1. The zero-order valence-corrected chi connectivity index (χ0v) is 16.3. The first-order valence-electron chi connectivity index (χ1n) is 9.43. The highest BCUT2D eigenvalue weighted by atomic mass is 19.1. The first-order valence-corrected chi connectivity index (χ1v) is 9.43. The molecule has 0 saturated heterocycles. The van der Waals surface area contributed by atoms with E-state index >= 15 is 0 Å². The quantitative estimate of drug-likeness (QED) is 0.468. The molecule has 0 saturated carbocycles. The van der Waals surface area contributed by atoms with E-state index in [1.807, 2.05) is 44.2 Å². The van der Waals surface area contributed by atoms with Crippen molar-refractivity contribution >= 4 is 11.1 Å². The van der Waals surface area contributed by atoms with Crippen LogP contribution in [0.15, 0.2) is 72.8 Å². The van der Waals surface area contributed by atoms with Crippen LogP contribution in [-0.2, 0) is 0 Å². The van der Waals surface area contributed by atoms with Crippen molar-refractivity contribution in [3.8, 4) is 5.75 Å². The molecule has 1 atom stereocenters. The highest BCUT2D eigenvalue weighted by molar-refractivity contribution is 5.95. The summed E-state index contributed by atoms with van der Waals surface area (Å²) >= 11 is 0. The van der Waals surface area contributed by atoms with Crippen LogP contribution in [-0.4, -0.2) is 0 Å². The van der Waals surface area contributed by atoms with E-state index in [2.05, 4.69) is 44.2 Å². The van der Waals surface area contributed by atoms with E-state index in [1.165, 1.54) is 23.3 Å². The monoisotopic (exact) mass is 360 g/mol.